The van der Waals surface area contributed by atoms with Crippen molar-refractivity contribution in [2.75, 3.05) is 7.11 Å². The van der Waals surface area contributed by atoms with Crippen LogP contribution in [0.1, 0.15) is 28.8 Å². The lowest BCUT2D eigenvalue weighted by Crippen LogP contribution is -2.25. The first-order chi connectivity index (χ1) is 8.20. The van der Waals surface area contributed by atoms with Gasteiger partial charge in [0.2, 0.25) is 5.91 Å². The van der Waals surface area contributed by atoms with Crippen LogP contribution >= 0.6 is 0 Å². The van der Waals surface area contributed by atoms with E-state index in [1.165, 1.54) is 7.11 Å². The van der Waals surface area contributed by atoms with Gasteiger partial charge in [0.25, 0.3) is 0 Å². The number of hydrazone groups is 1. The summed E-state index contributed by atoms with van der Waals surface area (Å²) >= 11 is 0. The quantitative estimate of drug-likeness (QED) is 0.776. The molecule has 0 saturated heterocycles. The Morgan fingerprint density at radius 3 is 2.53 bits per heavy atom. The van der Waals surface area contributed by atoms with Crippen molar-refractivity contribution in [1.29, 1.82) is 0 Å². The summed E-state index contributed by atoms with van der Waals surface area (Å²) in [6.07, 6.45) is 1.06. The van der Waals surface area contributed by atoms with Crippen LogP contribution in [-0.4, -0.2) is 24.7 Å². The molecule has 0 spiro atoms. The first kappa shape index (κ1) is 11.3. The number of nitrogens with zero attached hydrogens (tertiary/aromatic N) is 1. The fraction of sp³-hybridized carbons (Fsp3) is 0.250. The minimum absolute atomic E-state index is 0.0695. The monoisotopic (exact) mass is 232 g/mol. The van der Waals surface area contributed by atoms with E-state index in [0.29, 0.717) is 18.4 Å². The van der Waals surface area contributed by atoms with Gasteiger partial charge < -0.3 is 4.74 Å². The molecule has 1 aliphatic rings. The number of hydrogen-bond acceptors (Lipinski definition) is 4. The summed E-state index contributed by atoms with van der Waals surface area (Å²) in [4.78, 5) is 22.2. The van der Waals surface area contributed by atoms with Gasteiger partial charge >= 0.3 is 5.97 Å². The maximum atomic E-state index is 11.2. The van der Waals surface area contributed by atoms with E-state index in [9.17, 15) is 9.59 Å². The number of methoxy groups -OCH3 is 1. The molecular formula is C12H12N2O3. The van der Waals surface area contributed by atoms with Gasteiger partial charge in [0.1, 0.15) is 0 Å². The van der Waals surface area contributed by atoms with Crippen LogP contribution in [0.15, 0.2) is 29.4 Å². The number of amides is 1. The maximum Gasteiger partial charge on any atom is 0.337 e. The molecule has 0 atom stereocenters. The van der Waals surface area contributed by atoms with Gasteiger partial charge in [-0.25, -0.2) is 10.2 Å². The summed E-state index contributed by atoms with van der Waals surface area (Å²) in [6, 6.07) is 6.95. The Balaban J connectivity index is 2.18. The van der Waals surface area contributed by atoms with Gasteiger partial charge in [0.05, 0.1) is 18.4 Å². The normalized spacial score (nSPS) is 14.9. The van der Waals surface area contributed by atoms with Crippen LogP contribution in [0.25, 0.3) is 0 Å². The second kappa shape index (κ2) is 4.78. The van der Waals surface area contributed by atoms with Crippen molar-refractivity contribution in [2.45, 2.75) is 12.8 Å². The molecule has 0 radical (unpaired) electrons. The van der Waals surface area contributed by atoms with Crippen LogP contribution in [0.2, 0.25) is 0 Å². The van der Waals surface area contributed by atoms with Crippen molar-refractivity contribution in [3.8, 4) is 0 Å². The molecule has 1 N–H and O–H groups in total. The van der Waals surface area contributed by atoms with Crippen molar-refractivity contribution in [3.63, 3.8) is 0 Å². The molecule has 1 aromatic carbocycles. The number of esters is 1. The van der Waals surface area contributed by atoms with E-state index >= 15 is 0 Å². The summed E-state index contributed by atoms with van der Waals surface area (Å²) in [6.45, 7) is 0. The van der Waals surface area contributed by atoms with Gasteiger partial charge in [-0.2, -0.15) is 5.10 Å². The lowest BCUT2D eigenvalue weighted by Gasteiger charge is -2.12. The fourth-order valence-electron chi connectivity index (χ4n) is 1.60. The lowest BCUT2D eigenvalue weighted by molar-refractivity contribution is -0.121. The van der Waals surface area contributed by atoms with Gasteiger partial charge in [-0.1, -0.05) is 12.1 Å². The summed E-state index contributed by atoms with van der Waals surface area (Å²) in [5.41, 5.74) is 4.65. The second-order valence-electron chi connectivity index (χ2n) is 3.66. The Hall–Kier alpha value is -2.17. The third kappa shape index (κ3) is 2.50. The molecule has 0 aromatic heterocycles. The SMILES string of the molecule is COC(=O)c1ccc(C2=NNC(=O)CC2)cc1. The van der Waals surface area contributed by atoms with E-state index in [4.69, 9.17) is 0 Å². The maximum absolute atomic E-state index is 11.2. The molecule has 0 saturated carbocycles. The van der Waals surface area contributed by atoms with Gasteiger partial charge in [-0.3, -0.25) is 4.79 Å². The predicted octanol–water partition coefficient (Wildman–Crippen LogP) is 1.09. The molecule has 2 rings (SSSR count). The van der Waals surface area contributed by atoms with Gasteiger partial charge in [-0.15, -0.1) is 0 Å². The molecule has 1 aromatic rings. The molecule has 0 aliphatic carbocycles. The molecule has 5 heteroatoms. The summed E-state index contributed by atoms with van der Waals surface area (Å²) in [5, 5.41) is 3.98. The van der Waals surface area contributed by atoms with Crippen LogP contribution in [0.3, 0.4) is 0 Å². The zero-order valence-electron chi connectivity index (χ0n) is 9.40. The van der Waals surface area contributed by atoms with Crippen LogP contribution in [0.5, 0.6) is 0 Å². The van der Waals surface area contributed by atoms with Crippen molar-refractivity contribution in [2.24, 2.45) is 5.10 Å². The highest BCUT2D eigenvalue weighted by molar-refractivity contribution is 6.04. The fourth-order valence-corrected chi connectivity index (χ4v) is 1.60. The van der Waals surface area contributed by atoms with Crippen LogP contribution in [0.4, 0.5) is 0 Å². The first-order valence-corrected chi connectivity index (χ1v) is 5.25. The van der Waals surface area contributed by atoms with Crippen molar-refractivity contribution < 1.29 is 14.3 Å². The Morgan fingerprint density at radius 2 is 2.00 bits per heavy atom. The smallest absolute Gasteiger partial charge is 0.337 e. The molecule has 1 aliphatic heterocycles. The van der Waals surface area contributed by atoms with Crippen molar-refractivity contribution in [1.82, 2.24) is 5.43 Å². The molecule has 5 nitrogen and oxygen atoms in total. The van der Waals surface area contributed by atoms with E-state index < -0.39 is 0 Å². The zero-order chi connectivity index (χ0) is 12.3. The summed E-state index contributed by atoms with van der Waals surface area (Å²) < 4.78 is 4.61. The van der Waals surface area contributed by atoms with Crippen LogP contribution < -0.4 is 5.43 Å². The van der Waals surface area contributed by atoms with E-state index in [0.717, 1.165) is 11.3 Å². The zero-order valence-corrected chi connectivity index (χ0v) is 9.40. The highest BCUT2D eigenvalue weighted by Gasteiger charge is 2.13. The standard InChI is InChI=1S/C12H12N2O3/c1-17-12(16)9-4-2-8(3-5-9)10-6-7-11(15)14-13-10/h2-5H,6-7H2,1H3,(H,14,15). The summed E-state index contributed by atoms with van der Waals surface area (Å²) in [7, 11) is 1.34. The van der Waals surface area contributed by atoms with Gasteiger partial charge in [-0.05, 0) is 17.7 Å². The third-order valence-electron chi connectivity index (χ3n) is 2.54. The molecular weight excluding hydrogens is 220 g/mol. The molecule has 0 bridgehead atoms. The lowest BCUT2D eigenvalue weighted by atomic mass is 10.0. The minimum Gasteiger partial charge on any atom is -0.465 e. The van der Waals surface area contributed by atoms with Crippen molar-refractivity contribution >= 4 is 17.6 Å². The number of carbonyl (C=O) groups is 2. The number of rotatable bonds is 2. The highest BCUT2D eigenvalue weighted by atomic mass is 16.5. The first-order valence-electron chi connectivity index (χ1n) is 5.25. The molecule has 0 fully saturated rings. The predicted molar refractivity (Wildman–Crippen MR) is 61.7 cm³/mol. The second-order valence-corrected chi connectivity index (χ2v) is 3.66. The Morgan fingerprint density at radius 1 is 1.29 bits per heavy atom. The van der Waals surface area contributed by atoms with Gasteiger partial charge in [0, 0.05) is 12.8 Å². The van der Waals surface area contributed by atoms with E-state index in [-0.39, 0.29) is 11.9 Å². The molecule has 1 heterocycles. The molecule has 88 valence electrons. The molecule has 17 heavy (non-hydrogen) atoms. The van der Waals surface area contributed by atoms with E-state index in [2.05, 4.69) is 15.3 Å². The highest BCUT2D eigenvalue weighted by Crippen LogP contribution is 2.12. The Kier molecular flexibility index (Phi) is 3.18. The van der Waals surface area contributed by atoms with Crippen LogP contribution in [-0.2, 0) is 9.53 Å². The molecule has 1 amide bonds. The Bertz CT molecular complexity index is 477. The van der Waals surface area contributed by atoms with Gasteiger partial charge in [0.15, 0.2) is 0 Å². The van der Waals surface area contributed by atoms with Crippen LogP contribution in [0, 0.1) is 0 Å². The Labute approximate surface area is 98.5 Å². The number of benzene rings is 1. The number of ether oxygens (including phenoxy) is 1. The number of nitrogens with one attached hydrogen (secondary N) is 1. The van der Waals surface area contributed by atoms with Crippen molar-refractivity contribution in [3.05, 3.63) is 35.4 Å². The minimum atomic E-state index is -0.365. The largest absolute Gasteiger partial charge is 0.465 e. The van der Waals surface area contributed by atoms with E-state index in [1.807, 2.05) is 0 Å². The molecule has 0 unspecified atom stereocenters. The number of carbonyl (C=O) groups excluding carboxylic acids is 2. The topological polar surface area (TPSA) is 67.8 Å². The average molecular weight is 232 g/mol. The number of hydrogen-bond donors (Lipinski definition) is 1. The van der Waals surface area contributed by atoms with E-state index in [1.54, 1.807) is 24.3 Å². The average Bonchev–Trinajstić information content (AvgIpc) is 2.39. The summed E-state index contributed by atoms with van der Waals surface area (Å²) in [5.74, 6) is -0.435. The third-order valence-corrected chi connectivity index (χ3v) is 2.54.